The normalized spacial score (nSPS) is 13.5. The van der Waals surface area contributed by atoms with Gasteiger partial charge in [0.25, 0.3) is 11.8 Å². The van der Waals surface area contributed by atoms with Gasteiger partial charge in [0.05, 0.1) is 18.3 Å². The van der Waals surface area contributed by atoms with E-state index in [1.54, 1.807) is 35.8 Å². The highest BCUT2D eigenvalue weighted by molar-refractivity contribution is 7.99. The molecule has 3 aromatic rings. The summed E-state index contributed by atoms with van der Waals surface area (Å²) in [6, 6.07) is 10.4. The van der Waals surface area contributed by atoms with Crippen LogP contribution in [-0.4, -0.2) is 53.4 Å². The maximum atomic E-state index is 12.9. The van der Waals surface area contributed by atoms with Gasteiger partial charge in [-0.15, -0.1) is 11.3 Å². The lowest BCUT2D eigenvalue weighted by atomic mass is 10.1. The molecule has 0 aliphatic carbocycles. The van der Waals surface area contributed by atoms with Crippen molar-refractivity contribution in [2.24, 2.45) is 0 Å². The molecule has 7 nitrogen and oxygen atoms in total. The number of carbonyl (C=O) groups excluding carboxylic acids is 2. The van der Waals surface area contributed by atoms with Gasteiger partial charge in [0.2, 0.25) is 0 Å². The predicted molar refractivity (Wildman–Crippen MR) is 132 cm³/mol. The quantitative estimate of drug-likeness (QED) is 0.534. The lowest BCUT2D eigenvalue weighted by Crippen LogP contribution is -2.37. The largest absolute Gasteiger partial charge is 0.493 e. The number of ether oxygens (including phenoxy) is 2. The first-order valence-corrected chi connectivity index (χ1v) is 12.6. The van der Waals surface area contributed by atoms with Crippen molar-refractivity contribution < 1.29 is 19.1 Å². The number of aromatic nitrogens is 1. The number of aryl methyl sites for hydroxylation is 1. The van der Waals surface area contributed by atoms with Crippen LogP contribution in [0.15, 0.2) is 47.3 Å². The minimum absolute atomic E-state index is 0.0363. The molecular formula is C24H25N3O4S2. The van der Waals surface area contributed by atoms with Crippen LogP contribution in [-0.2, 0) is 6.61 Å². The van der Waals surface area contributed by atoms with Gasteiger partial charge in [0.15, 0.2) is 11.5 Å². The molecule has 9 heteroatoms. The standard InChI is InChI=1S/C24H25N3O4S2/c1-16-11-18(24(29)27-7-9-32-10-8-27)3-5-20(16)26-23(28)17-4-6-21(22(12-17)30-2)31-13-19-14-33-15-25-19/h3-6,11-12,14-15H,7-10,13H2,1-2H3,(H,26,28). The van der Waals surface area contributed by atoms with E-state index in [1.165, 1.54) is 18.4 Å². The van der Waals surface area contributed by atoms with Crippen molar-refractivity contribution in [2.45, 2.75) is 13.5 Å². The Balaban J connectivity index is 1.43. The lowest BCUT2D eigenvalue weighted by Gasteiger charge is -2.26. The highest BCUT2D eigenvalue weighted by Crippen LogP contribution is 2.29. The summed E-state index contributed by atoms with van der Waals surface area (Å²) in [5.41, 5.74) is 5.16. The third-order valence-electron chi connectivity index (χ3n) is 5.30. The van der Waals surface area contributed by atoms with Crippen molar-refractivity contribution in [1.29, 1.82) is 0 Å². The number of benzene rings is 2. The molecule has 4 rings (SSSR count). The molecule has 0 unspecified atom stereocenters. The van der Waals surface area contributed by atoms with E-state index in [2.05, 4.69) is 10.3 Å². The van der Waals surface area contributed by atoms with Gasteiger partial charge < -0.3 is 19.7 Å². The average molecular weight is 484 g/mol. The molecule has 2 aromatic carbocycles. The van der Waals surface area contributed by atoms with Crippen LogP contribution in [0.2, 0.25) is 0 Å². The molecule has 0 bridgehead atoms. The summed E-state index contributed by atoms with van der Waals surface area (Å²) in [5.74, 6) is 2.71. The summed E-state index contributed by atoms with van der Waals surface area (Å²) in [6.07, 6.45) is 0. The first-order valence-electron chi connectivity index (χ1n) is 10.5. The summed E-state index contributed by atoms with van der Waals surface area (Å²) >= 11 is 3.37. The molecule has 1 fully saturated rings. The van der Waals surface area contributed by atoms with Gasteiger partial charge in [-0.25, -0.2) is 4.98 Å². The highest BCUT2D eigenvalue weighted by Gasteiger charge is 2.19. The first-order chi connectivity index (χ1) is 16.0. The van der Waals surface area contributed by atoms with Crippen LogP contribution in [0.5, 0.6) is 11.5 Å². The minimum atomic E-state index is -0.269. The fourth-order valence-electron chi connectivity index (χ4n) is 3.47. The molecule has 1 saturated heterocycles. The van der Waals surface area contributed by atoms with Crippen molar-refractivity contribution in [2.75, 3.05) is 37.0 Å². The van der Waals surface area contributed by atoms with Crippen molar-refractivity contribution in [3.63, 3.8) is 0 Å². The van der Waals surface area contributed by atoms with E-state index < -0.39 is 0 Å². The molecule has 0 radical (unpaired) electrons. The third kappa shape index (κ3) is 5.66. The zero-order valence-corrected chi connectivity index (χ0v) is 20.1. The van der Waals surface area contributed by atoms with Crippen molar-refractivity contribution in [3.8, 4) is 11.5 Å². The molecule has 1 aromatic heterocycles. The number of amides is 2. The summed E-state index contributed by atoms with van der Waals surface area (Å²) in [5, 5.41) is 4.84. The SMILES string of the molecule is COc1cc(C(=O)Nc2ccc(C(=O)N3CCSCC3)cc2C)ccc1OCc1cscn1. The highest BCUT2D eigenvalue weighted by atomic mass is 32.2. The van der Waals surface area contributed by atoms with E-state index in [4.69, 9.17) is 9.47 Å². The molecule has 1 aliphatic rings. The minimum Gasteiger partial charge on any atom is -0.493 e. The molecule has 1 aliphatic heterocycles. The number of hydrogen-bond acceptors (Lipinski definition) is 7. The summed E-state index contributed by atoms with van der Waals surface area (Å²) in [4.78, 5) is 31.7. The molecule has 0 spiro atoms. The number of thiazole rings is 1. The molecule has 2 heterocycles. The Morgan fingerprint density at radius 3 is 2.58 bits per heavy atom. The van der Waals surface area contributed by atoms with Crippen molar-refractivity contribution >= 4 is 40.6 Å². The molecule has 172 valence electrons. The molecule has 33 heavy (non-hydrogen) atoms. The van der Waals surface area contributed by atoms with Crippen LogP contribution in [0.3, 0.4) is 0 Å². The topological polar surface area (TPSA) is 80.8 Å². The number of nitrogens with one attached hydrogen (secondary N) is 1. The Morgan fingerprint density at radius 2 is 1.88 bits per heavy atom. The van der Waals surface area contributed by atoms with Crippen LogP contribution in [0.25, 0.3) is 0 Å². The monoisotopic (exact) mass is 483 g/mol. The second-order valence-electron chi connectivity index (χ2n) is 7.52. The Morgan fingerprint density at radius 1 is 1.09 bits per heavy atom. The number of carbonyl (C=O) groups is 2. The van der Waals surface area contributed by atoms with E-state index in [0.29, 0.717) is 34.9 Å². The maximum Gasteiger partial charge on any atom is 0.255 e. The van der Waals surface area contributed by atoms with Gasteiger partial charge in [-0.05, 0) is 48.9 Å². The second-order valence-corrected chi connectivity index (χ2v) is 9.47. The van der Waals surface area contributed by atoms with Gasteiger partial charge >= 0.3 is 0 Å². The van der Waals surface area contributed by atoms with Gasteiger partial charge in [0, 0.05) is 46.8 Å². The number of rotatable bonds is 7. The smallest absolute Gasteiger partial charge is 0.255 e. The Hall–Kier alpha value is -3.04. The fraction of sp³-hybridized carbons (Fsp3) is 0.292. The van der Waals surface area contributed by atoms with Crippen LogP contribution < -0.4 is 14.8 Å². The van der Waals surface area contributed by atoms with Gasteiger partial charge in [0.1, 0.15) is 6.61 Å². The van der Waals surface area contributed by atoms with E-state index in [1.807, 2.05) is 35.0 Å². The number of hydrogen-bond donors (Lipinski definition) is 1. The molecule has 1 N–H and O–H groups in total. The van der Waals surface area contributed by atoms with Crippen LogP contribution in [0.4, 0.5) is 5.69 Å². The number of nitrogens with zero attached hydrogens (tertiary/aromatic N) is 2. The molecule has 0 atom stereocenters. The van der Waals surface area contributed by atoms with E-state index in [-0.39, 0.29) is 11.8 Å². The zero-order valence-electron chi connectivity index (χ0n) is 18.5. The third-order valence-corrected chi connectivity index (χ3v) is 6.88. The molecular weight excluding hydrogens is 458 g/mol. The zero-order chi connectivity index (χ0) is 23.2. The van der Waals surface area contributed by atoms with Crippen LogP contribution in [0.1, 0.15) is 32.0 Å². The number of anilines is 1. The fourth-order valence-corrected chi connectivity index (χ4v) is 4.92. The summed E-state index contributed by atoms with van der Waals surface area (Å²) in [6.45, 7) is 3.75. The molecule has 2 amide bonds. The van der Waals surface area contributed by atoms with Crippen LogP contribution >= 0.6 is 23.1 Å². The van der Waals surface area contributed by atoms with Gasteiger partial charge in [-0.3, -0.25) is 9.59 Å². The Labute approximate surface area is 201 Å². The second kappa shape index (κ2) is 10.7. The van der Waals surface area contributed by atoms with E-state index in [9.17, 15) is 9.59 Å². The number of thioether (sulfide) groups is 1. The lowest BCUT2D eigenvalue weighted by molar-refractivity contribution is 0.0772. The summed E-state index contributed by atoms with van der Waals surface area (Å²) in [7, 11) is 1.54. The summed E-state index contributed by atoms with van der Waals surface area (Å²) < 4.78 is 11.2. The van der Waals surface area contributed by atoms with Crippen molar-refractivity contribution in [3.05, 3.63) is 69.7 Å². The van der Waals surface area contributed by atoms with Crippen molar-refractivity contribution in [1.82, 2.24) is 9.88 Å². The van der Waals surface area contributed by atoms with E-state index >= 15 is 0 Å². The Kier molecular flexibility index (Phi) is 7.51. The maximum absolute atomic E-state index is 12.9. The first kappa shape index (κ1) is 23.1. The number of methoxy groups -OCH3 is 1. The van der Waals surface area contributed by atoms with Crippen LogP contribution in [0, 0.1) is 6.92 Å². The van der Waals surface area contributed by atoms with Gasteiger partial charge in [-0.1, -0.05) is 0 Å². The van der Waals surface area contributed by atoms with E-state index in [0.717, 1.165) is 35.9 Å². The average Bonchev–Trinajstić information content (AvgIpc) is 3.37. The Bertz CT molecular complexity index is 1130. The predicted octanol–water partition coefficient (Wildman–Crippen LogP) is 4.48. The molecule has 0 saturated carbocycles. The van der Waals surface area contributed by atoms with Gasteiger partial charge in [-0.2, -0.15) is 11.8 Å².